The molecule has 1 rings (SSSR count). The van der Waals surface area contributed by atoms with Crippen LogP contribution in [0.4, 0.5) is 0 Å². The van der Waals surface area contributed by atoms with E-state index in [-0.39, 0.29) is 11.9 Å². The monoisotopic (exact) mass is 269 g/mol. The van der Waals surface area contributed by atoms with Gasteiger partial charge in [0.15, 0.2) is 0 Å². The Bertz CT molecular complexity index is 362. The minimum Gasteiger partial charge on any atom is -0.462 e. The summed E-state index contributed by atoms with van der Waals surface area (Å²) in [5.74, 6) is -0.243. The molecule has 1 aliphatic rings. The Hall–Kier alpha value is -1.36. The Morgan fingerprint density at radius 3 is 2.63 bits per heavy atom. The van der Waals surface area contributed by atoms with E-state index < -0.39 is 5.72 Å². The van der Waals surface area contributed by atoms with Gasteiger partial charge in [0.2, 0.25) is 5.91 Å². The van der Waals surface area contributed by atoms with E-state index in [1.165, 1.54) is 0 Å². The van der Waals surface area contributed by atoms with E-state index in [2.05, 4.69) is 6.58 Å². The second kappa shape index (κ2) is 6.70. The molecule has 1 amide bonds. The first-order chi connectivity index (χ1) is 8.84. The van der Waals surface area contributed by atoms with Crippen molar-refractivity contribution in [2.45, 2.75) is 45.8 Å². The largest absolute Gasteiger partial charge is 0.462 e. The van der Waals surface area contributed by atoms with Crippen molar-refractivity contribution in [3.63, 3.8) is 0 Å². The molecule has 0 radical (unpaired) electrons. The summed E-state index contributed by atoms with van der Waals surface area (Å²) in [6.07, 6.45) is 2.09. The second-order valence-corrected chi connectivity index (χ2v) is 5.21. The summed E-state index contributed by atoms with van der Waals surface area (Å²) in [6, 6.07) is 0. The fourth-order valence-corrected chi connectivity index (χ4v) is 1.96. The molecule has 0 atom stereocenters. The zero-order valence-corrected chi connectivity index (χ0v) is 12.0. The maximum absolute atomic E-state index is 11.6. The summed E-state index contributed by atoms with van der Waals surface area (Å²) in [5, 5.41) is 0. The molecule has 0 aromatic heterocycles. The van der Waals surface area contributed by atoms with Crippen molar-refractivity contribution in [3.8, 4) is 0 Å². The zero-order chi connectivity index (χ0) is 14.5. The lowest BCUT2D eigenvalue weighted by molar-refractivity contribution is -0.160. The third-order valence-electron chi connectivity index (χ3n) is 3.05. The summed E-state index contributed by atoms with van der Waals surface area (Å²) in [5.41, 5.74) is -0.199. The summed E-state index contributed by atoms with van der Waals surface area (Å²) < 4.78 is 10.7. The predicted octanol–water partition coefficient (Wildman–Crippen LogP) is 1.87. The van der Waals surface area contributed by atoms with Gasteiger partial charge >= 0.3 is 5.97 Å². The number of carbonyl (C=O) groups excluding carboxylic acids is 2. The maximum atomic E-state index is 11.6. The van der Waals surface area contributed by atoms with E-state index in [0.29, 0.717) is 31.6 Å². The summed E-state index contributed by atoms with van der Waals surface area (Å²) in [4.78, 5) is 24.5. The SMILES string of the molecule is C=C(C)C(=O)OCCCOC(C)(C)N1CCCC1=O. The smallest absolute Gasteiger partial charge is 0.333 e. The number of amides is 1. The van der Waals surface area contributed by atoms with Gasteiger partial charge in [0.05, 0.1) is 13.2 Å². The molecule has 0 aromatic rings. The van der Waals surface area contributed by atoms with Gasteiger partial charge in [-0.2, -0.15) is 0 Å². The lowest BCUT2D eigenvalue weighted by Gasteiger charge is -2.35. The van der Waals surface area contributed by atoms with Gasteiger partial charge in [-0.15, -0.1) is 0 Å². The molecule has 0 aliphatic carbocycles. The summed E-state index contributed by atoms with van der Waals surface area (Å²) in [6.45, 7) is 10.4. The van der Waals surface area contributed by atoms with Crippen molar-refractivity contribution < 1.29 is 19.1 Å². The Labute approximate surface area is 114 Å². The number of hydrogen-bond donors (Lipinski definition) is 0. The first-order valence-corrected chi connectivity index (χ1v) is 6.61. The van der Waals surface area contributed by atoms with Crippen LogP contribution in [-0.4, -0.2) is 42.3 Å². The molecule has 0 spiro atoms. The molecule has 108 valence electrons. The van der Waals surface area contributed by atoms with E-state index >= 15 is 0 Å². The molecular weight excluding hydrogens is 246 g/mol. The molecule has 19 heavy (non-hydrogen) atoms. The molecule has 0 N–H and O–H groups in total. The van der Waals surface area contributed by atoms with E-state index in [1.807, 2.05) is 13.8 Å². The lowest BCUT2D eigenvalue weighted by atomic mass is 10.2. The average molecular weight is 269 g/mol. The molecule has 5 nitrogen and oxygen atoms in total. The van der Waals surface area contributed by atoms with E-state index in [1.54, 1.807) is 11.8 Å². The molecule has 1 aliphatic heterocycles. The first-order valence-electron chi connectivity index (χ1n) is 6.61. The normalized spacial score (nSPS) is 15.7. The van der Waals surface area contributed by atoms with E-state index in [0.717, 1.165) is 13.0 Å². The van der Waals surface area contributed by atoms with Crippen LogP contribution in [0.25, 0.3) is 0 Å². The van der Waals surface area contributed by atoms with Gasteiger partial charge in [0.1, 0.15) is 5.72 Å². The number of ether oxygens (including phenoxy) is 2. The topological polar surface area (TPSA) is 55.8 Å². The summed E-state index contributed by atoms with van der Waals surface area (Å²) >= 11 is 0. The molecular formula is C14H23NO4. The third-order valence-corrected chi connectivity index (χ3v) is 3.05. The van der Waals surface area contributed by atoms with Crippen molar-refractivity contribution in [2.24, 2.45) is 0 Å². The number of hydrogen-bond acceptors (Lipinski definition) is 4. The van der Waals surface area contributed by atoms with Crippen LogP contribution in [-0.2, 0) is 19.1 Å². The quantitative estimate of drug-likeness (QED) is 0.402. The average Bonchev–Trinajstić information content (AvgIpc) is 2.75. The van der Waals surface area contributed by atoms with Crippen LogP contribution in [0, 0.1) is 0 Å². The van der Waals surface area contributed by atoms with Crippen molar-refractivity contribution in [3.05, 3.63) is 12.2 Å². The molecule has 1 fully saturated rings. The van der Waals surface area contributed by atoms with Crippen LogP contribution in [0.3, 0.4) is 0 Å². The fourth-order valence-electron chi connectivity index (χ4n) is 1.96. The molecule has 0 aromatic carbocycles. The minimum atomic E-state index is -0.591. The third kappa shape index (κ3) is 4.67. The van der Waals surface area contributed by atoms with Crippen LogP contribution in [0.5, 0.6) is 0 Å². The van der Waals surface area contributed by atoms with Gasteiger partial charge in [-0.3, -0.25) is 4.79 Å². The predicted molar refractivity (Wildman–Crippen MR) is 71.4 cm³/mol. The van der Waals surface area contributed by atoms with Crippen LogP contribution < -0.4 is 0 Å². The van der Waals surface area contributed by atoms with Gasteiger partial charge in [-0.1, -0.05) is 6.58 Å². The van der Waals surface area contributed by atoms with Gasteiger partial charge in [-0.05, 0) is 27.2 Å². The number of nitrogens with zero attached hydrogens (tertiary/aromatic N) is 1. The minimum absolute atomic E-state index is 0.138. The standard InChI is InChI=1S/C14H23NO4/c1-11(2)13(17)18-9-6-10-19-14(3,4)15-8-5-7-12(15)16/h1,5-10H2,2-4H3. The van der Waals surface area contributed by atoms with Gasteiger partial charge in [0, 0.05) is 25.0 Å². The highest BCUT2D eigenvalue weighted by molar-refractivity contribution is 5.86. The molecule has 5 heteroatoms. The van der Waals surface area contributed by atoms with Crippen molar-refractivity contribution in [2.75, 3.05) is 19.8 Å². The second-order valence-electron chi connectivity index (χ2n) is 5.21. The highest BCUT2D eigenvalue weighted by atomic mass is 16.5. The zero-order valence-electron chi connectivity index (χ0n) is 12.0. The van der Waals surface area contributed by atoms with Gasteiger partial charge in [-0.25, -0.2) is 4.79 Å². The Morgan fingerprint density at radius 2 is 2.11 bits per heavy atom. The summed E-state index contributed by atoms with van der Waals surface area (Å²) in [7, 11) is 0. The molecule has 1 saturated heterocycles. The molecule has 0 bridgehead atoms. The molecule has 0 saturated carbocycles. The van der Waals surface area contributed by atoms with Crippen molar-refractivity contribution in [1.29, 1.82) is 0 Å². The highest BCUT2D eigenvalue weighted by Gasteiger charge is 2.34. The van der Waals surface area contributed by atoms with Crippen LogP contribution in [0.15, 0.2) is 12.2 Å². The molecule has 1 heterocycles. The van der Waals surface area contributed by atoms with E-state index in [4.69, 9.17) is 9.47 Å². The Morgan fingerprint density at radius 1 is 1.42 bits per heavy atom. The first kappa shape index (κ1) is 15.7. The number of likely N-dealkylation sites (tertiary alicyclic amines) is 1. The van der Waals surface area contributed by atoms with Crippen LogP contribution >= 0.6 is 0 Å². The lowest BCUT2D eigenvalue weighted by Crippen LogP contribution is -2.47. The number of carbonyl (C=O) groups is 2. The highest BCUT2D eigenvalue weighted by Crippen LogP contribution is 2.23. The van der Waals surface area contributed by atoms with Crippen LogP contribution in [0.1, 0.15) is 40.0 Å². The maximum Gasteiger partial charge on any atom is 0.333 e. The fraction of sp³-hybridized carbons (Fsp3) is 0.714. The van der Waals surface area contributed by atoms with Crippen molar-refractivity contribution >= 4 is 11.9 Å². The van der Waals surface area contributed by atoms with E-state index in [9.17, 15) is 9.59 Å². The van der Waals surface area contributed by atoms with Gasteiger partial charge in [0.25, 0.3) is 0 Å². The Balaban J connectivity index is 2.23. The van der Waals surface area contributed by atoms with Crippen molar-refractivity contribution in [1.82, 2.24) is 4.90 Å². The van der Waals surface area contributed by atoms with Crippen LogP contribution in [0.2, 0.25) is 0 Å². The number of rotatable bonds is 7. The number of esters is 1. The van der Waals surface area contributed by atoms with Gasteiger partial charge < -0.3 is 14.4 Å². The Kier molecular flexibility index (Phi) is 5.54. The molecule has 0 unspecified atom stereocenters.